The van der Waals surface area contributed by atoms with E-state index in [1.165, 1.54) is 0 Å². The molecule has 4 nitrogen and oxygen atoms in total. The highest BCUT2D eigenvalue weighted by Crippen LogP contribution is 2.50. The van der Waals surface area contributed by atoms with E-state index >= 15 is 0 Å². The Balaban J connectivity index is 2.32. The number of phenols is 4. The van der Waals surface area contributed by atoms with Crippen LogP contribution in [0.1, 0.15) is 0 Å². The van der Waals surface area contributed by atoms with Crippen molar-refractivity contribution in [3.63, 3.8) is 0 Å². The van der Waals surface area contributed by atoms with Crippen LogP contribution >= 0.6 is 0 Å². The quantitative estimate of drug-likeness (QED) is 0.224. The Bertz CT molecular complexity index is 1070. The number of hydrogen-bond acceptors (Lipinski definition) is 4. The Labute approximate surface area is 125 Å². The molecule has 4 aromatic carbocycles. The standard InChI is InChI=1S/C18H12O4/c19-15-13-8-7-11-10-4-2-1-3-9(10)5-6-12(11)14(13)16(20)18(22)17(15)21/h1-8,19-22H. The van der Waals surface area contributed by atoms with Crippen molar-refractivity contribution in [1.29, 1.82) is 0 Å². The Morgan fingerprint density at radius 1 is 0.455 bits per heavy atom. The van der Waals surface area contributed by atoms with E-state index in [9.17, 15) is 20.4 Å². The highest BCUT2D eigenvalue weighted by Gasteiger charge is 2.19. The summed E-state index contributed by atoms with van der Waals surface area (Å²) in [4.78, 5) is 0. The SMILES string of the molecule is Oc1c(O)c(O)c2c(ccc3c4ccccc4ccc32)c1O. The molecule has 4 N–H and O–H groups in total. The molecule has 0 aliphatic carbocycles. The molecule has 0 aliphatic rings. The van der Waals surface area contributed by atoms with E-state index in [4.69, 9.17) is 0 Å². The van der Waals surface area contributed by atoms with Gasteiger partial charge in [-0.25, -0.2) is 0 Å². The molecule has 4 rings (SSSR count). The van der Waals surface area contributed by atoms with Gasteiger partial charge in [-0.3, -0.25) is 0 Å². The molecule has 0 spiro atoms. The summed E-state index contributed by atoms with van der Waals surface area (Å²) in [6, 6.07) is 15.0. The average Bonchev–Trinajstić information content (AvgIpc) is 2.56. The first-order valence-electron chi connectivity index (χ1n) is 6.79. The van der Waals surface area contributed by atoms with E-state index in [0.717, 1.165) is 16.2 Å². The molecule has 4 heteroatoms. The first-order valence-corrected chi connectivity index (χ1v) is 6.79. The zero-order valence-electron chi connectivity index (χ0n) is 11.4. The molecule has 0 saturated heterocycles. The van der Waals surface area contributed by atoms with Crippen LogP contribution in [0.5, 0.6) is 23.0 Å². The second-order valence-corrected chi connectivity index (χ2v) is 5.26. The normalized spacial score (nSPS) is 11.5. The molecular formula is C18H12O4. The van der Waals surface area contributed by atoms with Crippen molar-refractivity contribution >= 4 is 32.3 Å². The van der Waals surface area contributed by atoms with Crippen LogP contribution in [-0.2, 0) is 0 Å². The maximum atomic E-state index is 10.2. The second kappa shape index (κ2) is 4.18. The first-order chi connectivity index (χ1) is 10.6. The van der Waals surface area contributed by atoms with Gasteiger partial charge in [0.15, 0.2) is 11.5 Å². The summed E-state index contributed by atoms with van der Waals surface area (Å²) >= 11 is 0. The molecule has 0 saturated carbocycles. The van der Waals surface area contributed by atoms with Crippen LogP contribution < -0.4 is 0 Å². The molecule has 0 fully saturated rings. The van der Waals surface area contributed by atoms with Gasteiger partial charge >= 0.3 is 0 Å². The summed E-state index contributed by atoms with van der Waals surface area (Å²) in [6.07, 6.45) is 0. The predicted molar refractivity (Wildman–Crippen MR) is 85.6 cm³/mol. The largest absolute Gasteiger partial charge is 0.504 e. The molecule has 0 amide bonds. The summed E-state index contributed by atoms with van der Waals surface area (Å²) in [7, 11) is 0. The molecular weight excluding hydrogens is 280 g/mol. The van der Waals surface area contributed by atoms with E-state index in [1.54, 1.807) is 6.07 Å². The van der Waals surface area contributed by atoms with Gasteiger partial charge in [-0.2, -0.15) is 0 Å². The molecule has 0 aromatic heterocycles. The summed E-state index contributed by atoms with van der Waals surface area (Å²) in [5.41, 5.74) is 0. The summed E-state index contributed by atoms with van der Waals surface area (Å²) in [5, 5.41) is 43.9. The van der Waals surface area contributed by atoms with Crippen molar-refractivity contribution in [3.8, 4) is 23.0 Å². The van der Waals surface area contributed by atoms with Crippen LogP contribution in [0.3, 0.4) is 0 Å². The minimum atomic E-state index is -0.717. The molecule has 0 aliphatic heterocycles. The fourth-order valence-corrected chi connectivity index (χ4v) is 3.01. The van der Waals surface area contributed by atoms with Crippen LogP contribution in [0, 0.1) is 0 Å². The maximum Gasteiger partial charge on any atom is 0.204 e. The molecule has 0 unspecified atom stereocenters. The lowest BCUT2D eigenvalue weighted by Gasteiger charge is -2.12. The van der Waals surface area contributed by atoms with E-state index in [2.05, 4.69) is 0 Å². The van der Waals surface area contributed by atoms with E-state index in [0.29, 0.717) is 10.8 Å². The Morgan fingerprint density at radius 3 is 1.91 bits per heavy atom. The van der Waals surface area contributed by atoms with Gasteiger partial charge in [0.25, 0.3) is 0 Å². The summed E-state index contributed by atoms with van der Waals surface area (Å²) in [5.74, 6) is -2.32. The predicted octanol–water partition coefficient (Wildman–Crippen LogP) is 3.97. The van der Waals surface area contributed by atoms with Crippen molar-refractivity contribution in [2.45, 2.75) is 0 Å². The lowest BCUT2D eigenvalue weighted by atomic mass is 9.95. The fourth-order valence-electron chi connectivity index (χ4n) is 3.01. The molecule has 0 heterocycles. The van der Waals surface area contributed by atoms with Crippen LogP contribution in [0.25, 0.3) is 32.3 Å². The zero-order chi connectivity index (χ0) is 15.4. The third-order valence-electron chi connectivity index (χ3n) is 4.09. The van der Waals surface area contributed by atoms with Crippen molar-refractivity contribution in [1.82, 2.24) is 0 Å². The van der Waals surface area contributed by atoms with E-state index in [1.807, 2.05) is 42.5 Å². The van der Waals surface area contributed by atoms with Crippen molar-refractivity contribution in [3.05, 3.63) is 48.5 Å². The molecule has 0 bridgehead atoms. The average molecular weight is 292 g/mol. The first kappa shape index (κ1) is 12.6. The van der Waals surface area contributed by atoms with Gasteiger partial charge < -0.3 is 20.4 Å². The summed E-state index contributed by atoms with van der Waals surface area (Å²) < 4.78 is 0. The number of fused-ring (bicyclic) bond motifs is 5. The summed E-state index contributed by atoms with van der Waals surface area (Å²) in [6.45, 7) is 0. The Morgan fingerprint density at radius 2 is 1.09 bits per heavy atom. The highest BCUT2D eigenvalue weighted by molar-refractivity contribution is 6.20. The Hall–Kier alpha value is -3.14. The van der Waals surface area contributed by atoms with Crippen molar-refractivity contribution in [2.75, 3.05) is 0 Å². The topological polar surface area (TPSA) is 80.9 Å². The van der Waals surface area contributed by atoms with E-state index in [-0.39, 0.29) is 5.39 Å². The highest BCUT2D eigenvalue weighted by atomic mass is 16.3. The van der Waals surface area contributed by atoms with Gasteiger partial charge in [0, 0.05) is 10.8 Å². The van der Waals surface area contributed by atoms with Gasteiger partial charge in [-0.15, -0.1) is 0 Å². The number of aromatic hydroxyl groups is 4. The molecule has 4 aromatic rings. The van der Waals surface area contributed by atoms with Crippen LogP contribution in [0.4, 0.5) is 0 Å². The van der Waals surface area contributed by atoms with Crippen molar-refractivity contribution < 1.29 is 20.4 Å². The Kier molecular flexibility index (Phi) is 2.39. The number of benzene rings is 4. The smallest absolute Gasteiger partial charge is 0.204 e. The number of rotatable bonds is 0. The minimum absolute atomic E-state index is 0.288. The van der Waals surface area contributed by atoms with Crippen molar-refractivity contribution in [2.24, 2.45) is 0 Å². The van der Waals surface area contributed by atoms with Crippen LogP contribution in [-0.4, -0.2) is 20.4 Å². The lowest BCUT2D eigenvalue weighted by molar-refractivity contribution is 0.351. The monoisotopic (exact) mass is 292 g/mol. The second-order valence-electron chi connectivity index (χ2n) is 5.26. The maximum absolute atomic E-state index is 10.2. The van der Waals surface area contributed by atoms with Gasteiger partial charge in [-0.05, 0) is 27.6 Å². The van der Waals surface area contributed by atoms with E-state index < -0.39 is 23.0 Å². The minimum Gasteiger partial charge on any atom is -0.504 e. The molecule has 22 heavy (non-hydrogen) atoms. The zero-order valence-corrected chi connectivity index (χ0v) is 11.4. The molecule has 0 radical (unpaired) electrons. The van der Waals surface area contributed by atoms with Gasteiger partial charge in [0.2, 0.25) is 11.5 Å². The van der Waals surface area contributed by atoms with Crippen LogP contribution in [0.15, 0.2) is 48.5 Å². The van der Waals surface area contributed by atoms with Gasteiger partial charge in [0.1, 0.15) is 0 Å². The third-order valence-corrected chi connectivity index (χ3v) is 4.09. The van der Waals surface area contributed by atoms with Crippen LogP contribution in [0.2, 0.25) is 0 Å². The van der Waals surface area contributed by atoms with Gasteiger partial charge in [0.05, 0.1) is 0 Å². The molecule has 0 atom stereocenters. The third kappa shape index (κ3) is 1.46. The molecule has 108 valence electrons. The fraction of sp³-hybridized carbons (Fsp3) is 0. The number of hydrogen-bond donors (Lipinski definition) is 4. The lowest BCUT2D eigenvalue weighted by Crippen LogP contribution is -1.84. The van der Waals surface area contributed by atoms with Gasteiger partial charge in [-0.1, -0.05) is 42.5 Å². The number of phenolic OH excluding ortho intramolecular Hbond substituents is 4.